The van der Waals surface area contributed by atoms with Crippen LogP contribution in [0.25, 0.3) is 22.0 Å². The van der Waals surface area contributed by atoms with Crippen LogP contribution in [-0.4, -0.2) is 35.8 Å². The minimum absolute atomic E-state index is 0.404. The molecule has 0 unspecified atom stereocenters. The maximum atomic E-state index is 12.6. The number of carbonyl (C=O) groups is 2. The number of thiophene rings is 1. The number of nitrogens with zero attached hydrogens (tertiary/aromatic N) is 2. The summed E-state index contributed by atoms with van der Waals surface area (Å²) < 4.78 is 12.3. The minimum atomic E-state index is -0.478. The number of aromatic nitrogens is 2. The molecule has 0 saturated heterocycles. The van der Waals surface area contributed by atoms with Gasteiger partial charge >= 0.3 is 0 Å². The lowest BCUT2D eigenvalue weighted by Crippen LogP contribution is -2.40. The maximum absolute atomic E-state index is 12.6. The molecule has 0 saturated carbocycles. The molecule has 2 amide bonds. The van der Waals surface area contributed by atoms with E-state index in [0.717, 1.165) is 21.6 Å². The van der Waals surface area contributed by atoms with Crippen molar-refractivity contribution in [3.8, 4) is 17.2 Å². The summed E-state index contributed by atoms with van der Waals surface area (Å²) in [5.41, 5.74) is 7.29. The molecule has 2 heterocycles. The summed E-state index contributed by atoms with van der Waals surface area (Å²) in [5.74, 6) is 0.332. The summed E-state index contributed by atoms with van der Waals surface area (Å²) in [5, 5.41) is 5.47. The summed E-state index contributed by atoms with van der Waals surface area (Å²) in [4.78, 5) is 26.2. The van der Waals surface area contributed by atoms with E-state index in [1.165, 1.54) is 24.5 Å². The summed E-state index contributed by atoms with van der Waals surface area (Å²) in [7, 11) is 3.10. The Labute approximate surface area is 194 Å². The fraction of sp³-hybridized carbons (Fsp3) is 0.125. The number of hydrogen-bond acceptors (Lipinski definition) is 6. The van der Waals surface area contributed by atoms with E-state index in [1.807, 2.05) is 41.9 Å². The molecule has 8 nitrogen and oxygen atoms in total. The number of amides is 2. The van der Waals surface area contributed by atoms with E-state index in [2.05, 4.69) is 16.0 Å². The number of carbonyl (C=O) groups excluding carboxylic acids is 2. The zero-order valence-corrected chi connectivity index (χ0v) is 19.1. The first-order valence-corrected chi connectivity index (χ1v) is 10.9. The number of aryl methyl sites for hydroxylation is 1. The lowest BCUT2D eigenvalue weighted by Gasteiger charge is -2.07. The van der Waals surface area contributed by atoms with Crippen LogP contribution < -0.4 is 20.3 Å². The van der Waals surface area contributed by atoms with Crippen LogP contribution >= 0.6 is 11.3 Å². The average Bonchev–Trinajstić information content (AvgIpc) is 3.42. The molecule has 2 aromatic heterocycles. The molecule has 4 rings (SSSR count). The van der Waals surface area contributed by atoms with Crippen LogP contribution in [0, 0.1) is 6.92 Å². The Morgan fingerprint density at radius 2 is 1.82 bits per heavy atom. The predicted molar refractivity (Wildman–Crippen MR) is 128 cm³/mol. The lowest BCUT2D eigenvalue weighted by atomic mass is 10.1. The number of benzene rings is 2. The van der Waals surface area contributed by atoms with Crippen LogP contribution in [0.15, 0.2) is 60.7 Å². The van der Waals surface area contributed by atoms with Crippen molar-refractivity contribution < 1.29 is 19.1 Å². The van der Waals surface area contributed by atoms with Gasteiger partial charge in [0.1, 0.15) is 16.3 Å². The van der Waals surface area contributed by atoms with E-state index >= 15 is 0 Å². The van der Waals surface area contributed by atoms with Crippen LogP contribution in [-0.2, 0) is 4.79 Å². The first kappa shape index (κ1) is 22.1. The van der Waals surface area contributed by atoms with Gasteiger partial charge in [-0.05, 0) is 43.3 Å². The van der Waals surface area contributed by atoms with E-state index in [1.54, 1.807) is 37.5 Å². The quantitative estimate of drug-likeness (QED) is 0.335. The molecule has 0 spiro atoms. The van der Waals surface area contributed by atoms with Gasteiger partial charge in [0.2, 0.25) is 0 Å². The Balaban J connectivity index is 1.44. The molecule has 0 aliphatic heterocycles. The Morgan fingerprint density at radius 3 is 2.55 bits per heavy atom. The van der Waals surface area contributed by atoms with Crippen molar-refractivity contribution >= 4 is 39.4 Å². The van der Waals surface area contributed by atoms with Gasteiger partial charge in [0, 0.05) is 23.1 Å². The number of para-hydroxylation sites is 1. The van der Waals surface area contributed by atoms with Gasteiger partial charge < -0.3 is 9.47 Å². The standard InChI is InChI=1S/C24H22N4O4S/c1-15-19-14-21(33-24(19)28(27-15)17-7-5-4-6-8-17)23(30)26-25-22(29)12-10-16-9-11-18(31-2)13-20(16)32-3/h4-14H,1-3H3,(H,25,29)(H,26,30). The van der Waals surface area contributed by atoms with Crippen molar-refractivity contribution in [2.45, 2.75) is 6.92 Å². The van der Waals surface area contributed by atoms with Crippen molar-refractivity contribution in [2.75, 3.05) is 14.2 Å². The molecule has 2 aromatic carbocycles. The fourth-order valence-corrected chi connectivity index (χ4v) is 4.32. The highest BCUT2D eigenvalue weighted by Crippen LogP contribution is 2.30. The highest BCUT2D eigenvalue weighted by atomic mass is 32.1. The second kappa shape index (κ2) is 9.58. The van der Waals surface area contributed by atoms with Crippen LogP contribution in [0.1, 0.15) is 20.9 Å². The number of rotatable bonds is 6. The Kier molecular flexibility index (Phi) is 6.41. The van der Waals surface area contributed by atoms with E-state index < -0.39 is 11.8 Å². The number of hydrogen-bond donors (Lipinski definition) is 2. The monoisotopic (exact) mass is 462 g/mol. The second-order valence-corrected chi connectivity index (χ2v) is 8.08. The van der Waals surface area contributed by atoms with Crippen LogP contribution in [0.4, 0.5) is 0 Å². The Bertz CT molecular complexity index is 1340. The van der Waals surface area contributed by atoms with E-state index in [0.29, 0.717) is 21.9 Å². The third-order valence-corrected chi connectivity index (χ3v) is 6.03. The van der Waals surface area contributed by atoms with Gasteiger partial charge in [-0.1, -0.05) is 18.2 Å². The van der Waals surface area contributed by atoms with E-state index in [-0.39, 0.29) is 0 Å². The van der Waals surface area contributed by atoms with Crippen molar-refractivity contribution in [3.63, 3.8) is 0 Å². The number of nitrogens with one attached hydrogen (secondary N) is 2. The predicted octanol–water partition coefficient (Wildman–Crippen LogP) is 3.89. The summed E-state index contributed by atoms with van der Waals surface area (Å²) in [6, 6.07) is 16.8. The summed E-state index contributed by atoms with van der Waals surface area (Å²) in [6.07, 6.45) is 2.91. The van der Waals surface area contributed by atoms with Gasteiger partial charge in [0.05, 0.1) is 30.5 Å². The zero-order valence-electron chi connectivity index (χ0n) is 18.3. The normalized spacial score (nSPS) is 11.0. The number of methoxy groups -OCH3 is 2. The average molecular weight is 463 g/mol. The molecule has 33 heavy (non-hydrogen) atoms. The van der Waals surface area contributed by atoms with Gasteiger partial charge in [-0.3, -0.25) is 20.4 Å². The largest absolute Gasteiger partial charge is 0.497 e. The van der Waals surface area contributed by atoms with Crippen molar-refractivity contribution in [2.24, 2.45) is 0 Å². The SMILES string of the molecule is COc1ccc(C=CC(=O)NNC(=O)c2cc3c(C)nn(-c4ccccc4)c3s2)c(OC)c1. The van der Waals surface area contributed by atoms with Crippen LogP contribution in [0.3, 0.4) is 0 Å². The second-order valence-electron chi connectivity index (χ2n) is 7.05. The van der Waals surface area contributed by atoms with Gasteiger partial charge in [0.25, 0.3) is 11.8 Å². The van der Waals surface area contributed by atoms with Gasteiger partial charge in [-0.2, -0.15) is 5.10 Å². The summed E-state index contributed by atoms with van der Waals surface area (Å²) in [6.45, 7) is 1.90. The maximum Gasteiger partial charge on any atom is 0.279 e. The molecule has 0 fully saturated rings. The molecule has 0 radical (unpaired) electrons. The van der Waals surface area contributed by atoms with Crippen LogP contribution in [0.5, 0.6) is 11.5 Å². The van der Waals surface area contributed by atoms with Crippen molar-refractivity contribution in [1.82, 2.24) is 20.6 Å². The molecular formula is C24H22N4O4S. The smallest absolute Gasteiger partial charge is 0.279 e. The van der Waals surface area contributed by atoms with E-state index in [9.17, 15) is 9.59 Å². The molecule has 0 atom stereocenters. The molecular weight excluding hydrogens is 440 g/mol. The van der Waals surface area contributed by atoms with Gasteiger partial charge in [-0.25, -0.2) is 4.68 Å². The molecule has 4 aromatic rings. The third-order valence-electron chi connectivity index (χ3n) is 4.92. The highest BCUT2D eigenvalue weighted by molar-refractivity contribution is 7.20. The first-order valence-electron chi connectivity index (χ1n) is 10.0. The highest BCUT2D eigenvalue weighted by Gasteiger charge is 2.17. The third kappa shape index (κ3) is 4.73. The molecule has 0 aliphatic carbocycles. The Hall–Kier alpha value is -4.11. The summed E-state index contributed by atoms with van der Waals surface area (Å²) >= 11 is 1.31. The fourth-order valence-electron chi connectivity index (χ4n) is 3.25. The number of fused-ring (bicyclic) bond motifs is 1. The molecule has 168 valence electrons. The number of hydrazine groups is 1. The minimum Gasteiger partial charge on any atom is -0.497 e. The molecule has 9 heteroatoms. The van der Waals surface area contributed by atoms with Crippen molar-refractivity contribution in [3.05, 3.63) is 76.8 Å². The molecule has 0 bridgehead atoms. The van der Waals surface area contributed by atoms with E-state index in [4.69, 9.17) is 9.47 Å². The van der Waals surface area contributed by atoms with Gasteiger partial charge in [0.15, 0.2) is 0 Å². The lowest BCUT2D eigenvalue weighted by molar-refractivity contribution is -0.117. The topological polar surface area (TPSA) is 94.5 Å². The van der Waals surface area contributed by atoms with Crippen molar-refractivity contribution in [1.29, 1.82) is 0 Å². The Morgan fingerprint density at radius 1 is 1.03 bits per heavy atom. The van der Waals surface area contributed by atoms with Gasteiger partial charge in [-0.15, -0.1) is 11.3 Å². The molecule has 0 aliphatic rings. The molecule has 2 N–H and O–H groups in total. The number of ether oxygens (including phenoxy) is 2. The van der Waals surface area contributed by atoms with Crippen LogP contribution in [0.2, 0.25) is 0 Å². The zero-order chi connectivity index (χ0) is 23.4. The first-order chi connectivity index (χ1) is 16.0.